The predicted octanol–water partition coefficient (Wildman–Crippen LogP) is -8.18. The number of hydrogen-bond donors (Lipinski definition) is 1. The Hall–Kier alpha value is -0.900. The van der Waals surface area contributed by atoms with Crippen molar-refractivity contribution < 1.29 is 83.7 Å². The minimum atomic E-state index is -1.68. The minimum absolute atomic E-state index is 0. The number of rotatable bonds is 7. The van der Waals surface area contributed by atoms with Crippen LogP contribution in [0.5, 0.6) is 0 Å². The summed E-state index contributed by atoms with van der Waals surface area (Å²) in [6, 6.07) is 7.13. The summed E-state index contributed by atoms with van der Waals surface area (Å²) in [6.07, 6.45) is -1.68. The molecule has 0 saturated carbocycles. The molecule has 1 aromatic heterocycles. The van der Waals surface area contributed by atoms with Gasteiger partial charge in [0.25, 0.3) is 5.91 Å². The van der Waals surface area contributed by atoms with Gasteiger partial charge in [0.05, 0.1) is 11.7 Å². The van der Waals surface area contributed by atoms with Gasteiger partial charge in [-0.1, -0.05) is 47.7 Å². The molecule has 3 atom stereocenters. The van der Waals surface area contributed by atoms with Crippen molar-refractivity contribution in [2.75, 3.05) is 11.5 Å². The topological polar surface area (TPSA) is 156 Å². The molecule has 4 rings (SSSR count). The molecule has 15 heteroatoms. The molecule has 2 aromatic rings. The van der Waals surface area contributed by atoms with Crippen LogP contribution in [0, 0.1) is 0 Å². The molecule has 0 radical (unpaired) electrons. The summed E-state index contributed by atoms with van der Waals surface area (Å²) >= 11 is 2.55. The van der Waals surface area contributed by atoms with E-state index in [9.17, 15) is 24.6 Å². The van der Waals surface area contributed by atoms with E-state index in [2.05, 4.69) is 20.8 Å². The molecule has 162 valence electrons. The van der Waals surface area contributed by atoms with Gasteiger partial charge < -0.3 is 20.3 Å². The number of carboxylic acids is 1. The van der Waals surface area contributed by atoms with Gasteiger partial charge in [-0.3, -0.25) is 14.5 Å². The van der Waals surface area contributed by atoms with Crippen LogP contribution in [0.1, 0.15) is 11.7 Å². The summed E-state index contributed by atoms with van der Waals surface area (Å²) in [5.74, 6) is -2.31. The number of carbonyl (C=O) groups is 3. The third kappa shape index (κ3) is 5.85. The number of thioether (sulfide) groups is 2. The SMILES string of the molecule is Cn1nnnc1SCC1=C(C(=O)[O-])N2C(=O)C(NC(=O)C([O-])c3ccccc3)C2SC1.[Na+].[Na+]. The Morgan fingerprint density at radius 2 is 2.00 bits per heavy atom. The van der Waals surface area contributed by atoms with Crippen molar-refractivity contribution in [2.24, 2.45) is 7.05 Å². The van der Waals surface area contributed by atoms with E-state index in [4.69, 9.17) is 0 Å². The molecule has 2 aliphatic heterocycles. The molecule has 1 N–H and O–H groups in total. The number of hydrogen-bond acceptors (Lipinski definition) is 10. The largest absolute Gasteiger partial charge is 1.00 e. The Balaban J connectivity index is 0.00000193. The molecule has 0 bridgehead atoms. The zero-order chi connectivity index (χ0) is 22.1. The molecule has 2 amide bonds. The summed E-state index contributed by atoms with van der Waals surface area (Å²) in [7, 11) is 1.66. The van der Waals surface area contributed by atoms with Gasteiger partial charge in [-0.15, -0.1) is 16.9 Å². The Kier molecular flexibility index (Phi) is 10.5. The quantitative estimate of drug-likeness (QED) is 0.217. The molecule has 1 aromatic carbocycles. The summed E-state index contributed by atoms with van der Waals surface area (Å²) in [4.78, 5) is 37.9. The van der Waals surface area contributed by atoms with E-state index in [-0.39, 0.29) is 76.1 Å². The number of amides is 2. The summed E-state index contributed by atoms with van der Waals surface area (Å²) in [5, 5.41) is 37.6. The van der Waals surface area contributed by atoms with Crippen molar-refractivity contribution >= 4 is 41.3 Å². The monoisotopic (exact) mass is 506 g/mol. The summed E-state index contributed by atoms with van der Waals surface area (Å²) in [5.41, 5.74) is 0.579. The third-order valence-electron chi connectivity index (χ3n) is 4.84. The van der Waals surface area contributed by atoms with Crippen LogP contribution in [-0.2, 0) is 21.4 Å². The van der Waals surface area contributed by atoms with Gasteiger partial charge >= 0.3 is 59.1 Å². The number of nitrogens with one attached hydrogen (secondary N) is 1. The minimum Gasteiger partial charge on any atom is -0.842 e. The maximum atomic E-state index is 12.7. The van der Waals surface area contributed by atoms with Crippen LogP contribution in [0.15, 0.2) is 46.8 Å². The Morgan fingerprint density at radius 3 is 2.61 bits per heavy atom. The van der Waals surface area contributed by atoms with Gasteiger partial charge in [0.15, 0.2) is 0 Å². The van der Waals surface area contributed by atoms with Gasteiger partial charge in [-0.2, -0.15) is 0 Å². The number of aryl methyl sites for hydroxylation is 1. The maximum Gasteiger partial charge on any atom is 1.00 e. The first-order valence-electron chi connectivity index (χ1n) is 9.13. The van der Waals surface area contributed by atoms with Crippen molar-refractivity contribution in [3.05, 3.63) is 47.2 Å². The second-order valence-electron chi connectivity index (χ2n) is 6.80. The van der Waals surface area contributed by atoms with E-state index in [0.717, 1.165) is 4.90 Å². The van der Waals surface area contributed by atoms with Crippen LogP contribution in [0.4, 0.5) is 0 Å². The van der Waals surface area contributed by atoms with E-state index < -0.39 is 35.3 Å². The average Bonchev–Trinajstić information content (AvgIpc) is 3.19. The number of carboxylic acid groups (broad SMARTS) is 1. The fraction of sp³-hybridized carbons (Fsp3) is 0.333. The van der Waals surface area contributed by atoms with Gasteiger partial charge in [0.2, 0.25) is 11.1 Å². The number of carbonyl (C=O) groups excluding carboxylic acids is 3. The first kappa shape index (κ1) is 28.3. The molecular formula is C18H16N6Na2O5S2. The van der Waals surface area contributed by atoms with Gasteiger partial charge in [0.1, 0.15) is 11.4 Å². The van der Waals surface area contributed by atoms with Gasteiger partial charge in [-0.05, 0) is 22.1 Å². The summed E-state index contributed by atoms with van der Waals surface area (Å²) in [6.45, 7) is 0. The molecule has 2 aliphatic rings. The molecule has 33 heavy (non-hydrogen) atoms. The first-order chi connectivity index (χ1) is 14.9. The average molecular weight is 506 g/mol. The fourth-order valence-electron chi connectivity index (χ4n) is 3.29. The molecule has 3 heterocycles. The van der Waals surface area contributed by atoms with Crippen LogP contribution in [0.2, 0.25) is 0 Å². The van der Waals surface area contributed by atoms with Crippen molar-refractivity contribution in [1.82, 2.24) is 30.4 Å². The van der Waals surface area contributed by atoms with Crippen molar-refractivity contribution in [2.45, 2.75) is 22.7 Å². The van der Waals surface area contributed by atoms with Crippen LogP contribution in [-0.4, -0.2) is 65.8 Å². The standard InChI is InChI=1S/C18H17N6O5S2.2Na/c1-23-18(20-21-22-23)31-8-10-7-30-16-11(15(27)24(16)12(10)17(28)29)19-14(26)13(25)9-5-3-2-4-6-9;;/h2-6,11,13,16H,7-8H2,1H3,(H,19,26)(H,28,29);;/q-1;2*+1/p-1. The first-order valence-corrected chi connectivity index (χ1v) is 11.2. The van der Waals surface area contributed by atoms with Gasteiger partial charge in [-0.25, -0.2) is 4.68 Å². The number of aliphatic carboxylic acids is 1. The maximum absolute atomic E-state index is 12.7. The molecular weight excluding hydrogens is 490 g/mol. The number of tetrazole rings is 1. The smallest absolute Gasteiger partial charge is 0.842 e. The van der Waals surface area contributed by atoms with E-state index in [0.29, 0.717) is 16.5 Å². The Labute approximate surface area is 241 Å². The van der Waals surface area contributed by atoms with Crippen LogP contribution in [0.25, 0.3) is 0 Å². The predicted molar refractivity (Wildman–Crippen MR) is 106 cm³/mol. The van der Waals surface area contributed by atoms with Crippen LogP contribution in [0.3, 0.4) is 0 Å². The van der Waals surface area contributed by atoms with Crippen molar-refractivity contribution in [3.8, 4) is 0 Å². The second kappa shape index (κ2) is 12.2. The van der Waals surface area contributed by atoms with Crippen molar-refractivity contribution in [1.29, 1.82) is 0 Å². The van der Waals surface area contributed by atoms with E-state index >= 15 is 0 Å². The molecule has 11 nitrogen and oxygen atoms in total. The fourth-order valence-corrected chi connectivity index (χ4v) is 5.62. The molecule has 0 spiro atoms. The zero-order valence-corrected chi connectivity index (χ0v) is 23.8. The van der Waals surface area contributed by atoms with E-state index in [1.165, 1.54) is 40.3 Å². The molecule has 1 saturated heterocycles. The van der Waals surface area contributed by atoms with E-state index in [1.54, 1.807) is 25.2 Å². The number of nitrogens with zero attached hydrogens (tertiary/aromatic N) is 5. The molecule has 0 aliphatic carbocycles. The Morgan fingerprint density at radius 1 is 1.30 bits per heavy atom. The van der Waals surface area contributed by atoms with Crippen LogP contribution >= 0.6 is 23.5 Å². The second-order valence-corrected chi connectivity index (χ2v) is 8.85. The Bertz CT molecular complexity index is 1070. The number of fused-ring (bicyclic) bond motifs is 1. The van der Waals surface area contributed by atoms with Crippen LogP contribution < -0.4 is 74.6 Å². The number of benzene rings is 1. The molecule has 1 fully saturated rings. The van der Waals surface area contributed by atoms with E-state index in [1.807, 2.05) is 0 Å². The molecule has 3 unspecified atom stereocenters. The zero-order valence-electron chi connectivity index (χ0n) is 18.1. The normalized spacial score (nSPS) is 20.1. The number of aromatic nitrogens is 4. The number of β-lactam (4-membered cyclic amide) rings is 1. The van der Waals surface area contributed by atoms with Crippen molar-refractivity contribution in [3.63, 3.8) is 0 Å². The van der Waals surface area contributed by atoms with Gasteiger partial charge in [0, 0.05) is 18.6 Å². The summed E-state index contributed by atoms with van der Waals surface area (Å²) < 4.78 is 1.45. The third-order valence-corrected chi connectivity index (χ3v) is 7.27.